The van der Waals surface area contributed by atoms with E-state index in [0.29, 0.717) is 34.5 Å². The number of benzene rings is 2. The molecule has 158 valence electrons. The highest BCUT2D eigenvalue weighted by atomic mass is 16.5. The minimum atomic E-state index is 0.0485. The molecule has 0 spiro atoms. The summed E-state index contributed by atoms with van der Waals surface area (Å²) in [5.41, 5.74) is 4.31. The number of methoxy groups -OCH3 is 2. The molecule has 0 radical (unpaired) electrons. The molecule has 0 saturated carbocycles. The lowest BCUT2D eigenvalue weighted by molar-refractivity contribution is 0.409. The highest BCUT2D eigenvalue weighted by Gasteiger charge is 2.19. The summed E-state index contributed by atoms with van der Waals surface area (Å²) in [6.07, 6.45) is 2.18. The molecule has 2 heterocycles. The Balaban J connectivity index is 1.95. The molecule has 4 rings (SSSR count). The summed E-state index contributed by atoms with van der Waals surface area (Å²) in [5.74, 6) is 2.09. The van der Waals surface area contributed by atoms with Crippen LogP contribution in [0.5, 0.6) is 11.5 Å². The zero-order valence-corrected chi connectivity index (χ0v) is 17.8. The van der Waals surface area contributed by atoms with Gasteiger partial charge in [-0.15, -0.1) is 10.2 Å². The largest absolute Gasteiger partial charge is 0.512 e. The second-order valence-electron chi connectivity index (χ2n) is 7.18. The van der Waals surface area contributed by atoms with Gasteiger partial charge in [0.15, 0.2) is 5.65 Å². The van der Waals surface area contributed by atoms with E-state index in [1.807, 2.05) is 40.8 Å². The highest BCUT2D eigenvalue weighted by Crippen LogP contribution is 2.33. The molecule has 0 unspecified atom stereocenters. The molecule has 0 saturated heterocycles. The van der Waals surface area contributed by atoms with Crippen molar-refractivity contribution in [2.45, 2.75) is 20.3 Å². The molecule has 2 aromatic heterocycles. The number of hydrogen-bond donors (Lipinski definition) is 2. The van der Waals surface area contributed by atoms with E-state index in [0.717, 1.165) is 22.7 Å². The molecule has 31 heavy (non-hydrogen) atoms. The zero-order valence-electron chi connectivity index (χ0n) is 17.8. The molecule has 2 aromatic carbocycles. The lowest BCUT2D eigenvalue weighted by Crippen LogP contribution is -2.04. The van der Waals surface area contributed by atoms with Gasteiger partial charge in [0.2, 0.25) is 0 Å². The standard InChI is InChI=1S/C23H23N5O3/c1-13(24)23(14(2)29)16-10-17-18(11-20(16)31-4)28-21(26-27-22(28)12-25-17)9-15-7-5-6-8-19(15)30-3/h5-8,10-12,24,29H,9H2,1-4H3/b23-14+,24-13?. The number of nitrogens with one attached hydrogen (secondary N) is 1. The van der Waals surface area contributed by atoms with Crippen molar-refractivity contribution in [1.29, 1.82) is 5.41 Å². The van der Waals surface area contributed by atoms with Crippen LogP contribution in [0.3, 0.4) is 0 Å². The summed E-state index contributed by atoms with van der Waals surface area (Å²) < 4.78 is 13.0. The molecule has 2 N–H and O–H groups in total. The molecule has 8 heteroatoms. The first-order valence-corrected chi connectivity index (χ1v) is 9.73. The molecule has 0 fully saturated rings. The normalized spacial score (nSPS) is 12.1. The maximum Gasteiger partial charge on any atom is 0.179 e. The van der Waals surface area contributed by atoms with Crippen LogP contribution in [-0.4, -0.2) is 44.6 Å². The zero-order chi connectivity index (χ0) is 22.1. The quantitative estimate of drug-likeness (QED) is 0.360. The fourth-order valence-electron chi connectivity index (χ4n) is 3.81. The minimum Gasteiger partial charge on any atom is -0.512 e. The smallest absolute Gasteiger partial charge is 0.179 e. The molecule has 0 atom stereocenters. The lowest BCUT2D eigenvalue weighted by Gasteiger charge is -2.15. The van der Waals surface area contributed by atoms with Gasteiger partial charge in [-0.25, -0.2) is 0 Å². The number of aromatic nitrogens is 4. The number of fused-ring (bicyclic) bond motifs is 3. The number of allylic oxidation sites excluding steroid dienone is 2. The van der Waals surface area contributed by atoms with Crippen molar-refractivity contribution in [3.8, 4) is 11.5 Å². The first-order valence-electron chi connectivity index (χ1n) is 9.73. The van der Waals surface area contributed by atoms with Crippen molar-refractivity contribution in [3.63, 3.8) is 0 Å². The Hall–Kier alpha value is -3.94. The second-order valence-corrected chi connectivity index (χ2v) is 7.18. The van der Waals surface area contributed by atoms with Gasteiger partial charge >= 0.3 is 0 Å². The Morgan fingerprint density at radius 2 is 1.81 bits per heavy atom. The predicted molar refractivity (Wildman–Crippen MR) is 119 cm³/mol. The minimum absolute atomic E-state index is 0.0485. The van der Waals surface area contributed by atoms with E-state index in [-0.39, 0.29) is 11.5 Å². The Morgan fingerprint density at radius 3 is 2.48 bits per heavy atom. The van der Waals surface area contributed by atoms with Crippen LogP contribution >= 0.6 is 0 Å². The number of aliphatic hydroxyl groups excluding tert-OH is 1. The third-order valence-corrected chi connectivity index (χ3v) is 5.16. The second kappa shape index (κ2) is 8.06. The van der Waals surface area contributed by atoms with Gasteiger partial charge in [0.25, 0.3) is 0 Å². The van der Waals surface area contributed by atoms with Gasteiger partial charge in [-0.2, -0.15) is 0 Å². The Labute approximate surface area is 179 Å². The SMILES string of the molecule is COc1ccccc1Cc1nnc2cnc3cc(/C(C(C)=N)=C(\C)O)c(OC)cc3n12. The third kappa shape index (κ3) is 3.56. The van der Waals surface area contributed by atoms with Crippen LogP contribution in [-0.2, 0) is 6.42 Å². The molecule has 0 aliphatic heterocycles. The van der Waals surface area contributed by atoms with Crippen LogP contribution in [0.15, 0.2) is 48.4 Å². The number of hydrogen-bond acceptors (Lipinski definition) is 7. The molecule has 4 aromatic rings. The fraction of sp³-hybridized carbons (Fsp3) is 0.217. The maximum absolute atomic E-state index is 10.2. The molecular weight excluding hydrogens is 394 g/mol. The molecular formula is C23H23N5O3. The Morgan fingerprint density at radius 1 is 1.06 bits per heavy atom. The van der Waals surface area contributed by atoms with Gasteiger partial charge in [-0.1, -0.05) is 18.2 Å². The predicted octanol–water partition coefficient (Wildman–Crippen LogP) is 4.21. The van der Waals surface area contributed by atoms with Crippen LogP contribution in [0.25, 0.3) is 22.3 Å². The summed E-state index contributed by atoms with van der Waals surface area (Å²) in [4.78, 5) is 4.52. The van der Waals surface area contributed by atoms with E-state index in [1.165, 1.54) is 0 Å². The van der Waals surface area contributed by atoms with E-state index < -0.39 is 0 Å². The first-order chi connectivity index (χ1) is 14.9. The van der Waals surface area contributed by atoms with Crippen LogP contribution in [0, 0.1) is 5.41 Å². The van der Waals surface area contributed by atoms with Gasteiger partial charge in [-0.3, -0.25) is 9.38 Å². The molecule has 0 aliphatic carbocycles. The highest BCUT2D eigenvalue weighted by molar-refractivity contribution is 6.22. The van der Waals surface area contributed by atoms with E-state index in [9.17, 15) is 5.11 Å². The molecule has 0 amide bonds. The van der Waals surface area contributed by atoms with Crippen molar-refractivity contribution >= 4 is 28.0 Å². The topological polar surface area (TPSA) is 106 Å². The van der Waals surface area contributed by atoms with E-state index in [1.54, 1.807) is 34.3 Å². The van der Waals surface area contributed by atoms with Crippen LogP contribution in [0.4, 0.5) is 0 Å². The average Bonchev–Trinajstić information content (AvgIpc) is 3.16. The summed E-state index contributed by atoms with van der Waals surface area (Å²) in [7, 11) is 3.20. The number of rotatable bonds is 6. The number of aliphatic hydroxyl groups is 1. The van der Waals surface area contributed by atoms with Crippen molar-refractivity contribution in [2.75, 3.05) is 14.2 Å². The van der Waals surface area contributed by atoms with Crippen molar-refractivity contribution in [2.24, 2.45) is 0 Å². The van der Waals surface area contributed by atoms with Gasteiger partial charge in [0.05, 0.1) is 37.2 Å². The summed E-state index contributed by atoms with van der Waals surface area (Å²) in [5, 5.41) is 26.9. The van der Waals surface area contributed by atoms with Gasteiger partial charge in [-0.05, 0) is 26.0 Å². The molecule has 0 aliphatic rings. The van der Waals surface area contributed by atoms with Gasteiger partial charge in [0.1, 0.15) is 17.3 Å². The van der Waals surface area contributed by atoms with Crippen LogP contribution in [0.2, 0.25) is 0 Å². The van der Waals surface area contributed by atoms with Crippen LogP contribution in [0.1, 0.15) is 30.8 Å². The Bertz CT molecular complexity index is 1340. The monoisotopic (exact) mass is 417 g/mol. The summed E-state index contributed by atoms with van der Waals surface area (Å²) >= 11 is 0. The third-order valence-electron chi connectivity index (χ3n) is 5.16. The molecule has 8 nitrogen and oxygen atoms in total. The van der Waals surface area contributed by atoms with E-state index in [4.69, 9.17) is 14.9 Å². The lowest BCUT2D eigenvalue weighted by atomic mass is 9.99. The van der Waals surface area contributed by atoms with Gasteiger partial charge < -0.3 is 20.0 Å². The van der Waals surface area contributed by atoms with Crippen LogP contribution < -0.4 is 9.47 Å². The maximum atomic E-state index is 10.2. The Kier molecular flexibility index (Phi) is 5.29. The summed E-state index contributed by atoms with van der Waals surface area (Å²) in [6.45, 7) is 3.18. The van der Waals surface area contributed by atoms with Crippen molar-refractivity contribution in [1.82, 2.24) is 19.6 Å². The number of para-hydroxylation sites is 1. The first kappa shape index (κ1) is 20.3. The van der Waals surface area contributed by atoms with E-state index in [2.05, 4.69) is 15.2 Å². The van der Waals surface area contributed by atoms with E-state index >= 15 is 0 Å². The fourth-order valence-corrected chi connectivity index (χ4v) is 3.81. The molecule has 0 bridgehead atoms. The number of nitrogens with zero attached hydrogens (tertiary/aromatic N) is 4. The van der Waals surface area contributed by atoms with Crippen molar-refractivity contribution in [3.05, 3.63) is 65.3 Å². The number of ether oxygens (including phenoxy) is 2. The van der Waals surface area contributed by atoms with Crippen molar-refractivity contribution < 1.29 is 14.6 Å². The average molecular weight is 417 g/mol. The summed E-state index contributed by atoms with van der Waals surface area (Å²) in [6, 6.07) is 11.4. The van der Waals surface area contributed by atoms with Gasteiger partial charge in [0, 0.05) is 34.9 Å².